The third-order valence-corrected chi connectivity index (χ3v) is 4.68. The van der Waals surface area contributed by atoms with E-state index in [0.29, 0.717) is 0 Å². The standard InChI is InChI=1S/C23H20N4O/c1-15-13-18(14-17-5-3-4-6-21(15)17)16(2)25-19-7-9-20(10-8-19)27-12-11-22(24)26-23(27)28/h3-14,25H,2H2,1H3,(H2,24,26,28). The summed E-state index contributed by atoms with van der Waals surface area (Å²) in [6.45, 7) is 6.29. The van der Waals surface area contributed by atoms with Gasteiger partial charge in [0.25, 0.3) is 0 Å². The first-order chi connectivity index (χ1) is 13.5. The van der Waals surface area contributed by atoms with Crippen molar-refractivity contribution < 1.29 is 0 Å². The van der Waals surface area contributed by atoms with Crippen molar-refractivity contribution in [3.05, 3.63) is 101 Å². The Labute approximate surface area is 162 Å². The molecule has 5 heteroatoms. The van der Waals surface area contributed by atoms with Crippen LogP contribution < -0.4 is 16.7 Å². The summed E-state index contributed by atoms with van der Waals surface area (Å²) in [4.78, 5) is 15.7. The van der Waals surface area contributed by atoms with Gasteiger partial charge in [0.1, 0.15) is 5.82 Å². The Morgan fingerprint density at radius 1 is 1.07 bits per heavy atom. The fraction of sp³-hybridized carbons (Fsp3) is 0.0435. The molecule has 1 heterocycles. The number of nitrogens with zero attached hydrogens (tertiary/aromatic N) is 2. The lowest BCUT2D eigenvalue weighted by atomic mass is 10.0. The van der Waals surface area contributed by atoms with Crippen LogP contribution in [0.4, 0.5) is 11.5 Å². The summed E-state index contributed by atoms with van der Waals surface area (Å²) in [6.07, 6.45) is 1.61. The third kappa shape index (κ3) is 3.38. The maximum absolute atomic E-state index is 12.0. The molecule has 4 rings (SSSR count). The first-order valence-corrected chi connectivity index (χ1v) is 8.92. The number of anilines is 2. The number of hydrogen-bond donors (Lipinski definition) is 2. The Kier molecular flexibility index (Phi) is 4.41. The van der Waals surface area contributed by atoms with Crippen molar-refractivity contribution in [1.29, 1.82) is 0 Å². The van der Waals surface area contributed by atoms with Crippen LogP contribution in [-0.2, 0) is 0 Å². The fourth-order valence-corrected chi connectivity index (χ4v) is 3.24. The van der Waals surface area contributed by atoms with Crippen molar-refractivity contribution in [2.24, 2.45) is 0 Å². The molecule has 5 nitrogen and oxygen atoms in total. The maximum Gasteiger partial charge on any atom is 0.354 e. The van der Waals surface area contributed by atoms with Gasteiger partial charge in [-0.3, -0.25) is 4.57 Å². The highest BCUT2D eigenvalue weighted by Gasteiger charge is 2.06. The van der Waals surface area contributed by atoms with E-state index in [9.17, 15) is 4.79 Å². The Morgan fingerprint density at radius 2 is 1.82 bits per heavy atom. The van der Waals surface area contributed by atoms with Gasteiger partial charge < -0.3 is 11.1 Å². The van der Waals surface area contributed by atoms with Crippen LogP contribution >= 0.6 is 0 Å². The molecule has 0 bridgehead atoms. The summed E-state index contributed by atoms with van der Waals surface area (Å²) in [5.74, 6) is 0.210. The number of benzene rings is 3. The highest BCUT2D eigenvalue weighted by Crippen LogP contribution is 2.25. The van der Waals surface area contributed by atoms with Gasteiger partial charge in [-0.05, 0) is 71.3 Å². The molecule has 0 atom stereocenters. The summed E-state index contributed by atoms with van der Waals surface area (Å²) < 4.78 is 1.45. The molecule has 0 radical (unpaired) electrons. The number of aryl methyl sites for hydroxylation is 1. The van der Waals surface area contributed by atoms with Gasteiger partial charge in [-0.15, -0.1) is 0 Å². The Balaban J connectivity index is 1.58. The topological polar surface area (TPSA) is 72.9 Å². The Bertz CT molecular complexity index is 1240. The molecule has 3 N–H and O–H groups in total. The molecule has 1 aromatic heterocycles. The lowest BCUT2D eigenvalue weighted by Gasteiger charge is -2.13. The minimum atomic E-state index is -0.406. The highest BCUT2D eigenvalue weighted by atomic mass is 16.1. The van der Waals surface area contributed by atoms with Crippen LogP contribution in [0, 0.1) is 6.92 Å². The van der Waals surface area contributed by atoms with E-state index in [1.54, 1.807) is 12.3 Å². The second-order valence-corrected chi connectivity index (χ2v) is 6.67. The zero-order chi connectivity index (χ0) is 19.7. The van der Waals surface area contributed by atoms with Gasteiger partial charge in [0.05, 0.1) is 5.69 Å². The number of nitrogen functional groups attached to an aromatic ring is 1. The molecule has 0 fully saturated rings. The second kappa shape index (κ2) is 7.04. The molecule has 3 aromatic carbocycles. The summed E-state index contributed by atoms with van der Waals surface area (Å²) in [6, 6.07) is 21.7. The minimum absolute atomic E-state index is 0.210. The summed E-state index contributed by atoms with van der Waals surface area (Å²) in [5.41, 5.74) is 9.80. The smallest absolute Gasteiger partial charge is 0.354 e. The molecule has 28 heavy (non-hydrogen) atoms. The number of fused-ring (bicyclic) bond motifs is 1. The van der Waals surface area contributed by atoms with E-state index in [4.69, 9.17) is 5.73 Å². The molecule has 0 aliphatic rings. The molecule has 0 saturated carbocycles. The molecule has 0 saturated heterocycles. The van der Waals surface area contributed by atoms with Gasteiger partial charge in [0.15, 0.2) is 0 Å². The average Bonchev–Trinajstić information content (AvgIpc) is 2.69. The van der Waals surface area contributed by atoms with Crippen molar-refractivity contribution >= 4 is 28.0 Å². The van der Waals surface area contributed by atoms with Crippen LogP contribution in [0.1, 0.15) is 11.1 Å². The first-order valence-electron chi connectivity index (χ1n) is 8.92. The Morgan fingerprint density at radius 3 is 2.57 bits per heavy atom. The van der Waals surface area contributed by atoms with Crippen LogP contribution in [0.3, 0.4) is 0 Å². The summed E-state index contributed by atoms with van der Waals surface area (Å²) in [7, 11) is 0. The molecule has 4 aromatic rings. The highest BCUT2D eigenvalue weighted by molar-refractivity contribution is 5.90. The van der Waals surface area contributed by atoms with Crippen molar-refractivity contribution in [1.82, 2.24) is 9.55 Å². The molecule has 0 aliphatic heterocycles. The van der Waals surface area contributed by atoms with Crippen molar-refractivity contribution in [3.63, 3.8) is 0 Å². The SMILES string of the molecule is C=C(Nc1ccc(-n2ccc(N)nc2=O)cc1)c1cc(C)c2ccccc2c1. The molecule has 0 aliphatic carbocycles. The number of hydrogen-bond acceptors (Lipinski definition) is 4. The van der Waals surface area contributed by atoms with Crippen LogP contribution in [0.5, 0.6) is 0 Å². The second-order valence-electron chi connectivity index (χ2n) is 6.67. The molecular weight excluding hydrogens is 348 g/mol. The average molecular weight is 368 g/mol. The van der Waals surface area contributed by atoms with E-state index in [2.05, 4.69) is 48.1 Å². The molecular formula is C23H20N4O. The van der Waals surface area contributed by atoms with E-state index >= 15 is 0 Å². The largest absolute Gasteiger partial charge is 0.383 e. The molecule has 0 amide bonds. The van der Waals surface area contributed by atoms with Gasteiger partial charge in [-0.25, -0.2) is 4.79 Å². The van der Waals surface area contributed by atoms with Crippen molar-refractivity contribution in [2.75, 3.05) is 11.1 Å². The van der Waals surface area contributed by atoms with Gasteiger partial charge in [-0.1, -0.05) is 30.8 Å². The monoisotopic (exact) mass is 368 g/mol. The molecule has 0 spiro atoms. The Hall–Kier alpha value is -3.86. The number of nitrogens with two attached hydrogens (primary N) is 1. The van der Waals surface area contributed by atoms with Gasteiger partial charge in [0, 0.05) is 17.6 Å². The van der Waals surface area contributed by atoms with Crippen LogP contribution in [0.25, 0.3) is 22.2 Å². The zero-order valence-corrected chi connectivity index (χ0v) is 15.5. The van der Waals surface area contributed by atoms with E-state index in [1.165, 1.54) is 20.9 Å². The van der Waals surface area contributed by atoms with Gasteiger partial charge in [-0.2, -0.15) is 4.98 Å². The predicted molar refractivity (Wildman–Crippen MR) is 116 cm³/mol. The summed E-state index contributed by atoms with van der Waals surface area (Å²) >= 11 is 0. The first kappa shape index (κ1) is 17.5. The van der Waals surface area contributed by atoms with Crippen LogP contribution in [0.2, 0.25) is 0 Å². The van der Waals surface area contributed by atoms with E-state index in [0.717, 1.165) is 22.6 Å². The van der Waals surface area contributed by atoms with Crippen molar-refractivity contribution in [2.45, 2.75) is 6.92 Å². The van der Waals surface area contributed by atoms with E-state index in [-0.39, 0.29) is 5.82 Å². The van der Waals surface area contributed by atoms with E-state index < -0.39 is 5.69 Å². The molecule has 0 unspecified atom stereocenters. The number of aromatic nitrogens is 2. The van der Waals surface area contributed by atoms with Gasteiger partial charge in [0.2, 0.25) is 0 Å². The van der Waals surface area contributed by atoms with Crippen LogP contribution in [0.15, 0.2) is 84.3 Å². The summed E-state index contributed by atoms with van der Waals surface area (Å²) in [5, 5.41) is 5.76. The lowest BCUT2D eigenvalue weighted by Crippen LogP contribution is -2.21. The zero-order valence-electron chi connectivity index (χ0n) is 15.5. The number of nitrogens with one attached hydrogen (secondary N) is 1. The third-order valence-electron chi connectivity index (χ3n) is 4.68. The fourth-order valence-electron chi connectivity index (χ4n) is 3.24. The van der Waals surface area contributed by atoms with E-state index in [1.807, 2.05) is 36.4 Å². The number of rotatable bonds is 4. The quantitative estimate of drug-likeness (QED) is 0.561. The van der Waals surface area contributed by atoms with Gasteiger partial charge >= 0.3 is 5.69 Å². The molecule has 138 valence electrons. The maximum atomic E-state index is 12.0. The lowest BCUT2D eigenvalue weighted by molar-refractivity contribution is 0.920. The predicted octanol–water partition coefficient (Wildman–Crippen LogP) is 4.36. The van der Waals surface area contributed by atoms with Crippen molar-refractivity contribution in [3.8, 4) is 5.69 Å². The normalized spacial score (nSPS) is 10.8. The van der Waals surface area contributed by atoms with Crippen LogP contribution in [-0.4, -0.2) is 9.55 Å². The minimum Gasteiger partial charge on any atom is -0.383 e.